The number of carbonyl (C=O) groups is 1. The van der Waals surface area contributed by atoms with Crippen LogP contribution in [0.3, 0.4) is 0 Å². The largest absolute Gasteiger partial charge is 0.347 e. The summed E-state index contributed by atoms with van der Waals surface area (Å²) in [4.78, 5) is 25.4. The second-order valence-corrected chi connectivity index (χ2v) is 8.78. The standard InChI is InChI=1S/C24H24FN7OS/c1-4-19-23(31(3)29-21(6-5-12-27-19)32-13-11-18(33)15-32)30(2)24-28-22(20(14-26)34-24)16-7-9-17(25)10-8-16/h5-10,12H,4,11,13,15H2,1-3H3. The molecule has 0 aliphatic carbocycles. The van der Waals surface area contributed by atoms with Crippen molar-refractivity contribution < 1.29 is 9.18 Å². The number of benzene rings is 1. The van der Waals surface area contributed by atoms with E-state index in [4.69, 9.17) is 10.1 Å². The summed E-state index contributed by atoms with van der Waals surface area (Å²) in [5.74, 6) is 1.22. The number of aryl methyl sites for hydroxylation is 2. The number of carbonyl (C=O) groups excluding carboxylic acids is 1. The summed E-state index contributed by atoms with van der Waals surface area (Å²) < 4.78 is 15.1. The Morgan fingerprint density at radius 1 is 1.26 bits per heavy atom. The van der Waals surface area contributed by atoms with Crippen molar-refractivity contribution >= 4 is 33.9 Å². The van der Waals surface area contributed by atoms with Gasteiger partial charge in [-0.05, 0) is 42.8 Å². The fraction of sp³-hybridized carbons (Fsp3) is 0.292. The van der Waals surface area contributed by atoms with Gasteiger partial charge < -0.3 is 9.80 Å². The van der Waals surface area contributed by atoms with Gasteiger partial charge in [0.05, 0.1) is 12.2 Å². The number of ketones is 1. The Hall–Kier alpha value is -3.84. The van der Waals surface area contributed by atoms with Gasteiger partial charge in [-0.1, -0.05) is 18.3 Å². The van der Waals surface area contributed by atoms with E-state index in [1.54, 1.807) is 23.0 Å². The van der Waals surface area contributed by atoms with E-state index in [9.17, 15) is 14.4 Å². The Morgan fingerprint density at radius 3 is 2.68 bits per heavy atom. The van der Waals surface area contributed by atoms with Crippen molar-refractivity contribution in [1.82, 2.24) is 19.7 Å². The molecule has 0 amide bonds. The van der Waals surface area contributed by atoms with Gasteiger partial charge >= 0.3 is 0 Å². The maximum atomic E-state index is 13.4. The topological polar surface area (TPSA) is 90.9 Å². The van der Waals surface area contributed by atoms with Gasteiger partial charge in [0.2, 0.25) is 0 Å². The molecule has 0 bridgehead atoms. The number of nitrogens with zero attached hydrogens (tertiary/aromatic N) is 7. The fourth-order valence-corrected chi connectivity index (χ4v) is 4.67. The first-order valence-corrected chi connectivity index (χ1v) is 11.7. The van der Waals surface area contributed by atoms with E-state index in [2.05, 4.69) is 11.1 Å². The number of hydrogen-bond acceptors (Lipinski definition) is 8. The van der Waals surface area contributed by atoms with Crippen LogP contribution in [0.4, 0.5) is 21.2 Å². The zero-order valence-electron chi connectivity index (χ0n) is 19.2. The van der Waals surface area contributed by atoms with Crippen LogP contribution < -0.4 is 9.80 Å². The van der Waals surface area contributed by atoms with Crippen molar-refractivity contribution in [3.63, 3.8) is 0 Å². The Labute approximate surface area is 201 Å². The van der Waals surface area contributed by atoms with Gasteiger partial charge in [0.1, 0.15) is 28.3 Å². The Kier molecular flexibility index (Phi) is 6.84. The minimum absolute atomic E-state index is 0.189. The maximum absolute atomic E-state index is 13.4. The van der Waals surface area contributed by atoms with Crippen molar-refractivity contribution in [3.05, 3.63) is 59.0 Å². The number of rotatable bonds is 5. The van der Waals surface area contributed by atoms with Crippen LogP contribution in [0.15, 0.2) is 42.6 Å². The van der Waals surface area contributed by atoms with Gasteiger partial charge in [-0.2, -0.15) is 10.4 Å². The predicted molar refractivity (Wildman–Crippen MR) is 130 cm³/mol. The molecule has 4 rings (SSSR count). The van der Waals surface area contributed by atoms with E-state index < -0.39 is 0 Å². The molecule has 3 aromatic rings. The lowest BCUT2D eigenvalue weighted by atomic mass is 10.1. The highest BCUT2D eigenvalue weighted by Crippen LogP contribution is 2.35. The summed E-state index contributed by atoms with van der Waals surface area (Å²) in [6.07, 6.45) is 2.87. The van der Waals surface area contributed by atoms with Crippen molar-refractivity contribution in [3.8, 4) is 17.3 Å². The highest BCUT2D eigenvalue weighted by Gasteiger charge is 2.22. The lowest BCUT2D eigenvalue weighted by molar-refractivity contribution is -0.116. The molecule has 0 N–H and O–H groups in total. The first-order valence-electron chi connectivity index (χ1n) is 10.8. The van der Waals surface area contributed by atoms with Crippen LogP contribution >= 0.6 is 11.3 Å². The lowest BCUT2D eigenvalue weighted by Gasteiger charge is -2.21. The van der Waals surface area contributed by atoms with Crippen molar-refractivity contribution in [2.24, 2.45) is 7.05 Å². The Balaban J connectivity index is 1.83. The number of hydrogen-bond donors (Lipinski definition) is 0. The molecule has 0 saturated carbocycles. The molecule has 1 aromatic carbocycles. The summed E-state index contributed by atoms with van der Waals surface area (Å²) in [5, 5.41) is 15.1. The zero-order chi connectivity index (χ0) is 24.2. The van der Waals surface area contributed by atoms with E-state index in [0.717, 1.165) is 5.69 Å². The molecule has 1 aliphatic heterocycles. The van der Waals surface area contributed by atoms with Gasteiger partial charge in [0, 0.05) is 38.8 Å². The predicted octanol–water partition coefficient (Wildman–Crippen LogP) is 4.18. The monoisotopic (exact) mass is 477 g/mol. The van der Waals surface area contributed by atoms with Crippen LogP contribution in [-0.2, 0) is 18.3 Å². The van der Waals surface area contributed by atoms with Crippen LogP contribution in [-0.4, -0.2) is 45.7 Å². The molecule has 34 heavy (non-hydrogen) atoms. The molecule has 0 spiro atoms. The average molecular weight is 478 g/mol. The van der Waals surface area contributed by atoms with Gasteiger partial charge in [-0.3, -0.25) is 9.78 Å². The quantitative estimate of drug-likeness (QED) is 0.544. The number of halogens is 1. The highest BCUT2D eigenvalue weighted by atomic mass is 32.1. The van der Waals surface area contributed by atoms with E-state index >= 15 is 0 Å². The Morgan fingerprint density at radius 2 is 2.03 bits per heavy atom. The van der Waals surface area contributed by atoms with Crippen LogP contribution in [0.2, 0.25) is 0 Å². The molecule has 1 aliphatic rings. The van der Waals surface area contributed by atoms with Crippen LogP contribution in [0, 0.1) is 17.1 Å². The van der Waals surface area contributed by atoms with Crippen molar-refractivity contribution in [2.45, 2.75) is 19.8 Å². The molecule has 10 heteroatoms. The second kappa shape index (κ2) is 9.97. The zero-order valence-corrected chi connectivity index (χ0v) is 20.0. The number of thiazole rings is 1. The number of aromatic nitrogens is 4. The highest BCUT2D eigenvalue weighted by molar-refractivity contribution is 7.16. The molecule has 0 unspecified atom stereocenters. The van der Waals surface area contributed by atoms with Gasteiger partial charge in [0.25, 0.3) is 0 Å². The molecule has 8 nitrogen and oxygen atoms in total. The van der Waals surface area contributed by atoms with Crippen LogP contribution in [0.1, 0.15) is 23.9 Å². The third-order valence-corrected chi connectivity index (χ3v) is 6.54. The molecular weight excluding hydrogens is 453 g/mol. The summed E-state index contributed by atoms with van der Waals surface area (Å²) in [6, 6.07) is 11.8. The third kappa shape index (κ3) is 4.75. The van der Waals surface area contributed by atoms with E-state index in [0.29, 0.717) is 58.8 Å². The van der Waals surface area contributed by atoms with Gasteiger partial charge in [-0.15, -0.1) is 0 Å². The number of Topliss-reactive ketones (excluding diaryl/α,β-unsaturated/α-hetero) is 1. The molecular formula is C24H24FN7OS. The molecule has 1 fully saturated rings. The summed E-state index contributed by atoms with van der Waals surface area (Å²) >= 11 is 1.25. The van der Waals surface area contributed by atoms with E-state index in [1.807, 2.05) is 43.0 Å². The first kappa shape index (κ1) is 23.3. The fourth-order valence-electron chi connectivity index (χ4n) is 3.82. The summed E-state index contributed by atoms with van der Waals surface area (Å²) in [5.41, 5.74) is 1.96. The normalized spacial score (nSPS) is 13.0. The van der Waals surface area contributed by atoms with Crippen LogP contribution in [0.25, 0.3) is 11.3 Å². The molecule has 0 atom stereocenters. The summed E-state index contributed by atoms with van der Waals surface area (Å²) in [7, 11) is 3.68. The van der Waals surface area contributed by atoms with Crippen molar-refractivity contribution in [1.29, 1.82) is 5.26 Å². The molecule has 1 saturated heterocycles. The lowest BCUT2D eigenvalue weighted by Crippen LogP contribution is -2.23. The van der Waals surface area contributed by atoms with Gasteiger partial charge in [-0.25, -0.2) is 14.1 Å². The smallest absolute Gasteiger partial charge is 0.192 e. The molecule has 2 aromatic heterocycles. The van der Waals surface area contributed by atoms with E-state index in [1.165, 1.54) is 23.5 Å². The maximum Gasteiger partial charge on any atom is 0.192 e. The Bertz CT molecular complexity index is 1310. The van der Waals surface area contributed by atoms with Gasteiger partial charge in [0.15, 0.2) is 16.7 Å². The molecule has 174 valence electrons. The SMILES string of the molecule is CCc1ncccc(N2CCC(=O)C2)nn(C)c1N(C)c1nc(-c2ccc(F)cc2)c(C#N)s1. The third-order valence-electron chi connectivity index (χ3n) is 5.51. The second-order valence-electron chi connectivity index (χ2n) is 7.81. The minimum atomic E-state index is -0.348. The summed E-state index contributed by atoms with van der Waals surface area (Å²) in [6.45, 7) is 2.97. The van der Waals surface area contributed by atoms with E-state index in [-0.39, 0.29) is 11.6 Å². The number of anilines is 3. The number of nitriles is 1. The minimum Gasteiger partial charge on any atom is -0.347 e. The average Bonchev–Trinajstić information content (AvgIpc) is 3.47. The molecule has 0 radical (unpaired) electrons. The molecule has 3 heterocycles. The van der Waals surface area contributed by atoms with Crippen molar-refractivity contribution in [2.75, 3.05) is 29.9 Å². The van der Waals surface area contributed by atoms with Crippen LogP contribution in [0.5, 0.6) is 0 Å². The first-order chi connectivity index (χ1) is 16.4.